The zero-order valence-corrected chi connectivity index (χ0v) is 18.5. The highest BCUT2D eigenvalue weighted by Crippen LogP contribution is 2.30. The van der Waals surface area contributed by atoms with Crippen LogP contribution in [-0.4, -0.2) is 29.9 Å². The van der Waals surface area contributed by atoms with Crippen molar-refractivity contribution in [2.45, 2.75) is 19.9 Å². The van der Waals surface area contributed by atoms with Crippen LogP contribution in [0.25, 0.3) is 10.9 Å². The van der Waals surface area contributed by atoms with E-state index in [0.717, 1.165) is 28.6 Å². The third kappa shape index (κ3) is 4.75. The predicted octanol–water partition coefficient (Wildman–Crippen LogP) is 4.46. The molecule has 0 fully saturated rings. The van der Waals surface area contributed by atoms with Crippen molar-refractivity contribution < 1.29 is 14.3 Å². The van der Waals surface area contributed by atoms with Gasteiger partial charge < -0.3 is 14.0 Å². The maximum atomic E-state index is 12.4. The molecule has 0 unspecified atom stereocenters. The number of rotatable bonds is 6. The van der Waals surface area contributed by atoms with Crippen LogP contribution in [-0.2, 0) is 17.8 Å². The summed E-state index contributed by atoms with van der Waals surface area (Å²) in [5, 5.41) is 5.31. The van der Waals surface area contributed by atoms with Gasteiger partial charge in [0.2, 0.25) is 5.91 Å². The average Bonchev–Trinajstić information content (AvgIpc) is 3.18. The van der Waals surface area contributed by atoms with Crippen molar-refractivity contribution in [3.63, 3.8) is 0 Å². The number of hydrazone groups is 1. The minimum Gasteiger partial charge on any atom is -0.486 e. The van der Waals surface area contributed by atoms with Crippen LogP contribution in [0.4, 0.5) is 0 Å². The maximum absolute atomic E-state index is 12.4. The van der Waals surface area contributed by atoms with E-state index in [4.69, 9.17) is 9.47 Å². The topological polar surface area (TPSA) is 64.9 Å². The first-order chi connectivity index (χ1) is 16.2. The van der Waals surface area contributed by atoms with Gasteiger partial charge in [0.05, 0.1) is 12.6 Å². The fourth-order valence-electron chi connectivity index (χ4n) is 4.00. The second-order valence-corrected chi connectivity index (χ2v) is 8.16. The van der Waals surface area contributed by atoms with Gasteiger partial charge >= 0.3 is 0 Å². The molecular weight excluding hydrogens is 414 g/mol. The summed E-state index contributed by atoms with van der Waals surface area (Å²) in [4.78, 5) is 12.4. The van der Waals surface area contributed by atoms with Crippen LogP contribution in [0.15, 0.2) is 78.0 Å². The molecule has 6 heteroatoms. The molecule has 5 rings (SSSR count). The summed E-state index contributed by atoms with van der Waals surface area (Å²) < 4.78 is 13.3. The fourth-order valence-corrected chi connectivity index (χ4v) is 4.00. The van der Waals surface area contributed by atoms with E-state index in [2.05, 4.69) is 64.6 Å². The van der Waals surface area contributed by atoms with Gasteiger partial charge in [-0.2, -0.15) is 5.10 Å². The lowest BCUT2D eigenvalue weighted by Crippen LogP contribution is -2.20. The largest absolute Gasteiger partial charge is 0.486 e. The van der Waals surface area contributed by atoms with E-state index >= 15 is 0 Å². The van der Waals surface area contributed by atoms with Crippen LogP contribution in [0.1, 0.15) is 22.3 Å². The Labute approximate surface area is 192 Å². The summed E-state index contributed by atoms with van der Waals surface area (Å²) in [6.07, 6.45) is 3.99. The third-order valence-corrected chi connectivity index (χ3v) is 5.66. The van der Waals surface area contributed by atoms with Gasteiger partial charge in [-0.15, -0.1) is 0 Å². The Morgan fingerprint density at radius 2 is 1.76 bits per heavy atom. The highest BCUT2D eigenvalue weighted by Gasteiger charge is 2.13. The Morgan fingerprint density at radius 3 is 2.61 bits per heavy atom. The number of aromatic nitrogens is 1. The summed E-state index contributed by atoms with van der Waals surface area (Å²) in [6.45, 7) is 3.92. The Balaban J connectivity index is 1.28. The number of hydrogen-bond acceptors (Lipinski definition) is 4. The van der Waals surface area contributed by atoms with Gasteiger partial charge in [-0.05, 0) is 36.2 Å². The smallest absolute Gasteiger partial charge is 0.244 e. The van der Waals surface area contributed by atoms with Gasteiger partial charge in [-0.3, -0.25) is 4.79 Å². The van der Waals surface area contributed by atoms with Crippen molar-refractivity contribution in [1.29, 1.82) is 0 Å². The average molecular weight is 440 g/mol. The molecule has 1 aliphatic rings. The first-order valence-corrected chi connectivity index (χ1v) is 11.0. The van der Waals surface area contributed by atoms with Crippen LogP contribution >= 0.6 is 0 Å². The zero-order chi connectivity index (χ0) is 22.6. The standard InChI is InChI=1S/C27H25N3O3/c1-19-6-8-20(9-7-19)17-30-18-22(23-4-2-3-5-24(23)30)16-28-29-27(31)15-21-10-11-25-26(14-21)33-13-12-32-25/h2-11,14,16,18H,12-13,15,17H2,1H3,(H,29,31)/b28-16-. The van der Waals surface area contributed by atoms with Gasteiger partial charge in [0.25, 0.3) is 0 Å². The molecule has 0 bridgehead atoms. The Morgan fingerprint density at radius 1 is 1.00 bits per heavy atom. The number of amides is 1. The summed E-state index contributed by atoms with van der Waals surface area (Å²) in [5.41, 5.74) is 8.05. The van der Waals surface area contributed by atoms with E-state index < -0.39 is 0 Å². The van der Waals surface area contributed by atoms with Crippen LogP contribution in [0.2, 0.25) is 0 Å². The number of fused-ring (bicyclic) bond motifs is 2. The van der Waals surface area contributed by atoms with Gasteiger partial charge in [0, 0.05) is 29.2 Å². The molecule has 0 saturated carbocycles. The van der Waals surface area contributed by atoms with Gasteiger partial charge in [-0.25, -0.2) is 5.43 Å². The molecule has 4 aromatic rings. The van der Waals surface area contributed by atoms with Crippen LogP contribution in [0, 0.1) is 6.92 Å². The lowest BCUT2D eigenvalue weighted by atomic mass is 10.1. The molecule has 33 heavy (non-hydrogen) atoms. The molecule has 166 valence electrons. The van der Waals surface area contributed by atoms with Crippen LogP contribution in [0.3, 0.4) is 0 Å². The van der Waals surface area contributed by atoms with Gasteiger partial charge in [0.15, 0.2) is 11.5 Å². The molecule has 2 heterocycles. The number of nitrogens with one attached hydrogen (secondary N) is 1. The third-order valence-electron chi connectivity index (χ3n) is 5.66. The van der Waals surface area contributed by atoms with Crippen molar-refractivity contribution in [3.05, 3.63) is 95.2 Å². The number of nitrogens with zero attached hydrogens (tertiary/aromatic N) is 2. The van der Waals surface area contributed by atoms with Crippen molar-refractivity contribution in [3.8, 4) is 11.5 Å². The molecule has 3 aromatic carbocycles. The molecule has 0 saturated heterocycles. The fraction of sp³-hybridized carbons (Fsp3) is 0.185. The highest BCUT2D eigenvalue weighted by molar-refractivity contribution is 5.99. The molecular formula is C27H25N3O3. The molecule has 0 radical (unpaired) electrons. The molecule has 1 aromatic heterocycles. The predicted molar refractivity (Wildman–Crippen MR) is 129 cm³/mol. The molecule has 6 nitrogen and oxygen atoms in total. The van der Waals surface area contributed by atoms with Gasteiger partial charge in [0.1, 0.15) is 13.2 Å². The van der Waals surface area contributed by atoms with E-state index in [-0.39, 0.29) is 12.3 Å². The van der Waals surface area contributed by atoms with Crippen molar-refractivity contribution in [2.75, 3.05) is 13.2 Å². The number of carbonyl (C=O) groups is 1. The number of ether oxygens (including phenoxy) is 2. The number of carbonyl (C=O) groups excluding carboxylic acids is 1. The quantitative estimate of drug-likeness (QED) is 0.356. The maximum Gasteiger partial charge on any atom is 0.244 e. The molecule has 1 N–H and O–H groups in total. The summed E-state index contributed by atoms with van der Waals surface area (Å²) in [5.74, 6) is 1.20. The Hall–Kier alpha value is -4.06. The Kier molecular flexibility index (Phi) is 5.81. The number of hydrogen-bond donors (Lipinski definition) is 1. The highest BCUT2D eigenvalue weighted by atomic mass is 16.6. The first kappa shape index (κ1) is 20.8. The first-order valence-electron chi connectivity index (χ1n) is 11.0. The SMILES string of the molecule is Cc1ccc(Cn2cc(/C=N\NC(=O)Cc3ccc4c(c3)OCCO4)c3ccccc32)cc1. The van der Waals surface area contributed by atoms with Crippen LogP contribution in [0.5, 0.6) is 11.5 Å². The normalized spacial score (nSPS) is 12.9. The van der Waals surface area contributed by atoms with E-state index in [1.165, 1.54) is 11.1 Å². The van der Waals surface area contributed by atoms with Crippen molar-refractivity contribution in [1.82, 2.24) is 9.99 Å². The van der Waals surface area contributed by atoms with Crippen LogP contribution < -0.4 is 14.9 Å². The van der Waals surface area contributed by atoms with E-state index in [9.17, 15) is 4.79 Å². The lowest BCUT2D eigenvalue weighted by Gasteiger charge is -2.18. The van der Waals surface area contributed by atoms with E-state index in [1.54, 1.807) is 6.21 Å². The summed E-state index contributed by atoms with van der Waals surface area (Å²) in [6, 6.07) is 22.3. The van der Waals surface area contributed by atoms with E-state index in [1.807, 2.05) is 30.3 Å². The summed E-state index contributed by atoms with van der Waals surface area (Å²) in [7, 11) is 0. The molecule has 0 atom stereocenters. The zero-order valence-electron chi connectivity index (χ0n) is 18.5. The minimum absolute atomic E-state index is 0.189. The van der Waals surface area contributed by atoms with Gasteiger partial charge in [-0.1, -0.05) is 54.1 Å². The number of benzene rings is 3. The molecule has 1 aliphatic heterocycles. The molecule has 0 aliphatic carbocycles. The van der Waals surface area contributed by atoms with E-state index in [0.29, 0.717) is 24.7 Å². The molecule has 0 spiro atoms. The van der Waals surface area contributed by atoms with Crippen molar-refractivity contribution >= 4 is 23.0 Å². The lowest BCUT2D eigenvalue weighted by molar-refractivity contribution is -0.120. The monoisotopic (exact) mass is 439 g/mol. The second kappa shape index (κ2) is 9.20. The van der Waals surface area contributed by atoms with Crippen molar-refractivity contribution in [2.24, 2.45) is 5.10 Å². The minimum atomic E-state index is -0.189. The number of para-hydroxylation sites is 1. The molecule has 1 amide bonds. The Bertz CT molecular complexity index is 1320. The number of aryl methyl sites for hydroxylation is 1. The summed E-state index contributed by atoms with van der Waals surface area (Å²) >= 11 is 0. The second-order valence-electron chi connectivity index (χ2n) is 8.16.